The van der Waals surface area contributed by atoms with Gasteiger partial charge in [-0.1, -0.05) is 33.6 Å². The van der Waals surface area contributed by atoms with Gasteiger partial charge in [-0.15, -0.1) is 0 Å². The highest BCUT2D eigenvalue weighted by Crippen LogP contribution is 2.02. The molecule has 17 heavy (non-hydrogen) atoms. The van der Waals surface area contributed by atoms with Crippen molar-refractivity contribution < 1.29 is 9.53 Å². The average molecular weight is 244 g/mol. The first-order chi connectivity index (χ1) is 8.19. The standard InChI is InChI=1S/C13H28N2O2/c1-5-8-9-12(13(16)17-4)14-10-11-15(6-2)7-3/h12,14H,5-11H2,1-4H3. The largest absolute Gasteiger partial charge is 0.468 e. The highest BCUT2D eigenvalue weighted by atomic mass is 16.5. The molecule has 0 bridgehead atoms. The van der Waals surface area contributed by atoms with Crippen LogP contribution >= 0.6 is 0 Å². The Kier molecular flexibility index (Phi) is 10.2. The second-order valence-electron chi connectivity index (χ2n) is 4.20. The SMILES string of the molecule is CCCCC(NCCN(CC)CC)C(=O)OC. The van der Waals surface area contributed by atoms with Crippen LogP contribution in [0.1, 0.15) is 40.0 Å². The van der Waals surface area contributed by atoms with Gasteiger partial charge in [-0.05, 0) is 19.5 Å². The van der Waals surface area contributed by atoms with Crippen LogP contribution in [0.15, 0.2) is 0 Å². The molecule has 0 aliphatic carbocycles. The molecule has 1 N–H and O–H groups in total. The summed E-state index contributed by atoms with van der Waals surface area (Å²) in [5.41, 5.74) is 0. The smallest absolute Gasteiger partial charge is 0.322 e. The number of esters is 1. The first-order valence-corrected chi connectivity index (χ1v) is 6.73. The predicted octanol–water partition coefficient (Wildman–Crippen LogP) is 1.65. The molecule has 0 aromatic rings. The molecule has 1 atom stereocenters. The van der Waals surface area contributed by atoms with Crippen LogP contribution in [0.2, 0.25) is 0 Å². The third-order valence-electron chi connectivity index (χ3n) is 3.05. The van der Waals surface area contributed by atoms with Crippen molar-refractivity contribution in [3.8, 4) is 0 Å². The van der Waals surface area contributed by atoms with E-state index in [4.69, 9.17) is 4.74 Å². The summed E-state index contributed by atoms with van der Waals surface area (Å²) < 4.78 is 4.80. The lowest BCUT2D eigenvalue weighted by molar-refractivity contribution is -0.143. The van der Waals surface area contributed by atoms with E-state index in [2.05, 4.69) is 31.0 Å². The molecular weight excluding hydrogens is 216 g/mol. The highest BCUT2D eigenvalue weighted by Gasteiger charge is 2.17. The molecule has 0 aromatic carbocycles. The fraction of sp³-hybridized carbons (Fsp3) is 0.923. The molecule has 0 saturated heterocycles. The third kappa shape index (κ3) is 7.34. The molecule has 0 aliphatic rings. The van der Waals surface area contributed by atoms with E-state index in [0.29, 0.717) is 0 Å². The molecule has 4 heteroatoms. The Morgan fingerprint density at radius 1 is 1.29 bits per heavy atom. The van der Waals surface area contributed by atoms with Crippen molar-refractivity contribution in [2.45, 2.75) is 46.1 Å². The molecule has 4 nitrogen and oxygen atoms in total. The quantitative estimate of drug-likeness (QED) is 0.593. The number of carbonyl (C=O) groups is 1. The normalized spacial score (nSPS) is 12.8. The maximum absolute atomic E-state index is 11.5. The predicted molar refractivity (Wildman–Crippen MR) is 71.1 cm³/mol. The van der Waals surface area contributed by atoms with Crippen LogP contribution in [-0.4, -0.2) is 50.2 Å². The van der Waals surface area contributed by atoms with Gasteiger partial charge in [-0.25, -0.2) is 0 Å². The maximum atomic E-state index is 11.5. The maximum Gasteiger partial charge on any atom is 0.322 e. The van der Waals surface area contributed by atoms with Crippen LogP contribution in [0, 0.1) is 0 Å². The van der Waals surface area contributed by atoms with Gasteiger partial charge in [-0.3, -0.25) is 4.79 Å². The van der Waals surface area contributed by atoms with Crippen molar-refractivity contribution in [3.05, 3.63) is 0 Å². The van der Waals surface area contributed by atoms with Gasteiger partial charge in [0.25, 0.3) is 0 Å². The number of hydrogen-bond donors (Lipinski definition) is 1. The zero-order chi connectivity index (χ0) is 13.1. The second kappa shape index (κ2) is 10.5. The first kappa shape index (κ1) is 16.4. The molecule has 0 saturated carbocycles. The van der Waals surface area contributed by atoms with Gasteiger partial charge in [-0.2, -0.15) is 0 Å². The Balaban J connectivity index is 3.94. The molecule has 0 aromatic heterocycles. The third-order valence-corrected chi connectivity index (χ3v) is 3.05. The minimum atomic E-state index is -0.143. The van der Waals surface area contributed by atoms with Gasteiger partial charge in [0, 0.05) is 13.1 Å². The van der Waals surface area contributed by atoms with E-state index in [9.17, 15) is 4.79 Å². The average Bonchev–Trinajstić information content (AvgIpc) is 2.37. The monoisotopic (exact) mass is 244 g/mol. The molecule has 102 valence electrons. The lowest BCUT2D eigenvalue weighted by Gasteiger charge is -2.21. The Labute approximate surface area is 106 Å². The van der Waals surface area contributed by atoms with E-state index in [1.165, 1.54) is 7.11 Å². The first-order valence-electron chi connectivity index (χ1n) is 6.73. The van der Waals surface area contributed by atoms with Crippen molar-refractivity contribution in [1.29, 1.82) is 0 Å². The van der Waals surface area contributed by atoms with Crippen molar-refractivity contribution in [1.82, 2.24) is 10.2 Å². The van der Waals surface area contributed by atoms with Crippen LogP contribution in [0.25, 0.3) is 0 Å². The number of nitrogens with one attached hydrogen (secondary N) is 1. The summed E-state index contributed by atoms with van der Waals surface area (Å²) in [6, 6.07) is -0.143. The van der Waals surface area contributed by atoms with E-state index in [-0.39, 0.29) is 12.0 Å². The van der Waals surface area contributed by atoms with Crippen molar-refractivity contribution >= 4 is 5.97 Å². The summed E-state index contributed by atoms with van der Waals surface area (Å²) in [5, 5.41) is 3.29. The number of hydrogen-bond acceptors (Lipinski definition) is 4. The number of methoxy groups -OCH3 is 1. The Morgan fingerprint density at radius 3 is 2.41 bits per heavy atom. The van der Waals surface area contributed by atoms with Crippen LogP contribution in [0.3, 0.4) is 0 Å². The zero-order valence-electron chi connectivity index (χ0n) is 11.8. The van der Waals surface area contributed by atoms with Gasteiger partial charge in [0.1, 0.15) is 6.04 Å². The van der Waals surface area contributed by atoms with Crippen LogP contribution in [-0.2, 0) is 9.53 Å². The van der Waals surface area contributed by atoms with Crippen LogP contribution < -0.4 is 5.32 Å². The number of nitrogens with zero attached hydrogens (tertiary/aromatic N) is 1. The summed E-state index contributed by atoms with van der Waals surface area (Å²) in [6.45, 7) is 10.4. The minimum absolute atomic E-state index is 0.141. The van der Waals surface area contributed by atoms with Gasteiger partial charge >= 0.3 is 5.97 Å². The van der Waals surface area contributed by atoms with Crippen molar-refractivity contribution in [2.24, 2.45) is 0 Å². The fourth-order valence-corrected chi connectivity index (χ4v) is 1.79. The molecule has 0 heterocycles. The second-order valence-corrected chi connectivity index (χ2v) is 4.20. The molecule has 0 rings (SSSR count). The highest BCUT2D eigenvalue weighted by molar-refractivity contribution is 5.75. The Hall–Kier alpha value is -0.610. The number of ether oxygens (including phenoxy) is 1. The fourth-order valence-electron chi connectivity index (χ4n) is 1.79. The van der Waals surface area contributed by atoms with Crippen molar-refractivity contribution in [3.63, 3.8) is 0 Å². The van der Waals surface area contributed by atoms with E-state index in [1.54, 1.807) is 0 Å². The van der Waals surface area contributed by atoms with Crippen molar-refractivity contribution in [2.75, 3.05) is 33.3 Å². The van der Waals surface area contributed by atoms with Gasteiger partial charge in [0.05, 0.1) is 7.11 Å². The molecule has 1 unspecified atom stereocenters. The van der Waals surface area contributed by atoms with Gasteiger partial charge in [0.15, 0.2) is 0 Å². The Bertz CT molecular complexity index is 194. The van der Waals surface area contributed by atoms with E-state index < -0.39 is 0 Å². The molecular formula is C13H28N2O2. The lowest BCUT2D eigenvalue weighted by atomic mass is 10.1. The minimum Gasteiger partial charge on any atom is -0.468 e. The van der Waals surface area contributed by atoms with E-state index in [0.717, 1.165) is 45.4 Å². The number of likely N-dealkylation sites (N-methyl/N-ethyl adjacent to an activating group) is 1. The number of rotatable bonds is 10. The molecule has 0 radical (unpaired) electrons. The van der Waals surface area contributed by atoms with E-state index in [1.807, 2.05) is 0 Å². The summed E-state index contributed by atoms with van der Waals surface area (Å²) in [4.78, 5) is 13.9. The zero-order valence-corrected chi connectivity index (χ0v) is 11.8. The topological polar surface area (TPSA) is 41.6 Å². The van der Waals surface area contributed by atoms with Crippen LogP contribution in [0.4, 0.5) is 0 Å². The lowest BCUT2D eigenvalue weighted by Crippen LogP contribution is -2.42. The summed E-state index contributed by atoms with van der Waals surface area (Å²) in [7, 11) is 1.45. The molecule has 0 spiro atoms. The summed E-state index contributed by atoms with van der Waals surface area (Å²) in [6.07, 6.45) is 3.02. The number of carbonyl (C=O) groups excluding carboxylic acids is 1. The summed E-state index contributed by atoms with van der Waals surface area (Å²) >= 11 is 0. The van der Waals surface area contributed by atoms with Gasteiger partial charge < -0.3 is 15.0 Å². The molecule has 0 fully saturated rings. The van der Waals surface area contributed by atoms with E-state index >= 15 is 0 Å². The van der Waals surface area contributed by atoms with Crippen LogP contribution in [0.5, 0.6) is 0 Å². The van der Waals surface area contributed by atoms with Gasteiger partial charge in [0.2, 0.25) is 0 Å². The molecule has 0 aliphatic heterocycles. The number of unbranched alkanes of at least 4 members (excludes halogenated alkanes) is 1. The summed E-state index contributed by atoms with van der Waals surface area (Å²) in [5.74, 6) is -0.141. The Morgan fingerprint density at radius 2 is 1.94 bits per heavy atom. The molecule has 0 amide bonds.